The average Bonchev–Trinajstić information content (AvgIpc) is 2.98. The first-order chi connectivity index (χ1) is 14.1. The molecule has 1 aliphatic carbocycles. The SMILES string of the molecule is C[C@@H](OC[C@]1(c2ccccc2)C[C@]2(C1)NC(=O)NC2=O)c1cccc(C(F)(F)F)c1. The monoisotopic (exact) mass is 418 g/mol. The third-order valence-electron chi connectivity index (χ3n) is 5.97. The fourth-order valence-electron chi connectivity index (χ4n) is 4.41. The van der Waals surface area contributed by atoms with Gasteiger partial charge in [0.1, 0.15) is 5.54 Å². The number of imide groups is 1. The number of carbonyl (C=O) groups excluding carboxylic acids is 2. The Morgan fingerprint density at radius 3 is 2.37 bits per heavy atom. The van der Waals surface area contributed by atoms with Crippen LogP contribution in [0.5, 0.6) is 0 Å². The van der Waals surface area contributed by atoms with Crippen molar-refractivity contribution < 1.29 is 27.5 Å². The van der Waals surface area contributed by atoms with Crippen LogP contribution in [0.4, 0.5) is 18.0 Å². The van der Waals surface area contributed by atoms with Crippen molar-refractivity contribution in [1.82, 2.24) is 10.6 Å². The highest BCUT2D eigenvalue weighted by Gasteiger charge is 2.63. The van der Waals surface area contributed by atoms with E-state index in [0.717, 1.165) is 17.7 Å². The Kier molecular flexibility index (Phi) is 4.85. The minimum atomic E-state index is -4.42. The van der Waals surface area contributed by atoms with E-state index < -0.39 is 34.8 Å². The molecule has 1 atom stereocenters. The normalized spacial score (nSPS) is 26.8. The number of urea groups is 1. The van der Waals surface area contributed by atoms with Gasteiger partial charge in [0.15, 0.2) is 0 Å². The predicted octanol–water partition coefficient (Wildman–Crippen LogP) is 4.09. The molecule has 8 heteroatoms. The molecule has 1 spiro atoms. The van der Waals surface area contributed by atoms with Gasteiger partial charge in [-0.05, 0) is 43.0 Å². The van der Waals surface area contributed by atoms with Gasteiger partial charge < -0.3 is 10.1 Å². The molecule has 2 aromatic rings. The molecular formula is C22H21F3N2O3. The molecule has 2 aromatic carbocycles. The molecule has 3 amide bonds. The maximum atomic E-state index is 13.0. The van der Waals surface area contributed by atoms with Crippen molar-refractivity contribution in [2.75, 3.05) is 6.61 Å². The molecule has 1 heterocycles. The van der Waals surface area contributed by atoms with Crippen LogP contribution in [0.1, 0.15) is 42.6 Å². The molecule has 5 nitrogen and oxygen atoms in total. The number of rotatable bonds is 5. The van der Waals surface area contributed by atoms with Gasteiger partial charge >= 0.3 is 12.2 Å². The van der Waals surface area contributed by atoms with Gasteiger partial charge in [-0.3, -0.25) is 10.1 Å². The number of hydrogen-bond donors (Lipinski definition) is 2. The lowest BCUT2D eigenvalue weighted by atomic mass is 9.54. The van der Waals surface area contributed by atoms with Crippen LogP contribution in [0.3, 0.4) is 0 Å². The molecule has 30 heavy (non-hydrogen) atoms. The van der Waals surface area contributed by atoms with Gasteiger partial charge in [-0.2, -0.15) is 13.2 Å². The van der Waals surface area contributed by atoms with Crippen molar-refractivity contribution in [2.24, 2.45) is 0 Å². The third kappa shape index (κ3) is 3.56. The second-order valence-electron chi connectivity index (χ2n) is 8.07. The summed E-state index contributed by atoms with van der Waals surface area (Å²) < 4.78 is 45.1. The lowest BCUT2D eigenvalue weighted by molar-refractivity contribution is -0.137. The summed E-state index contributed by atoms with van der Waals surface area (Å²) in [7, 11) is 0. The van der Waals surface area contributed by atoms with E-state index in [0.29, 0.717) is 18.4 Å². The van der Waals surface area contributed by atoms with Crippen LogP contribution in [-0.4, -0.2) is 24.1 Å². The van der Waals surface area contributed by atoms with E-state index in [2.05, 4.69) is 10.6 Å². The largest absolute Gasteiger partial charge is 0.416 e. The van der Waals surface area contributed by atoms with Crippen LogP contribution in [-0.2, 0) is 21.1 Å². The number of amides is 3. The maximum absolute atomic E-state index is 13.0. The molecule has 0 aromatic heterocycles. The molecule has 0 radical (unpaired) electrons. The zero-order valence-electron chi connectivity index (χ0n) is 16.3. The topological polar surface area (TPSA) is 67.4 Å². The molecule has 2 aliphatic rings. The van der Waals surface area contributed by atoms with Crippen LogP contribution >= 0.6 is 0 Å². The number of nitrogens with one attached hydrogen (secondary N) is 2. The molecule has 2 fully saturated rings. The summed E-state index contributed by atoms with van der Waals surface area (Å²) in [4.78, 5) is 23.9. The molecule has 2 N–H and O–H groups in total. The lowest BCUT2D eigenvalue weighted by Crippen LogP contribution is -2.65. The Morgan fingerprint density at radius 2 is 1.77 bits per heavy atom. The van der Waals surface area contributed by atoms with Gasteiger partial charge in [0.2, 0.25) is 0 Å². The summed E-state index contributed by atoms with van der Waals surface area (Å²) in [5.41, 5.74) is -0.821. The highest BCUT2D eigenvalue weighted by molar-refractivity contribution is 6.08. The lowest BCUT2D eigenvalue weighted by Gasteiger charge is -2.53. The van der Waals surface area contributed by atoms with Crippen LogP contribution in [0.25, 0.3) is 0 Å². The van der Waals surface area contributed by atoms with Crippen molar-refractivity contribution in [1.29, 1.82) is 0 Å². The van der Waals surface area contributed by atoms with Crippen LogP contribution in [0.15, 0.2) is 54.6 Å². The van der Waals surface area contributed by atoms with E-state index in [1.54, 1.807) is 13.0 Å². The Morgan fingerprint density at radius 1 is 1.07 bits per heavy atom. The molecule has 1 aliphatic heterocycles. The van der Waals surface area contributed by atoms with Gasteiger partial charge in [0.25, 0.3) is 5.91 Å². The Hall–Kier alpha value is -2.87. The number of alkyl halides is 3. The van der Waals surface area contributed by atoms with E-state index in [4.69, 9.17) is 4.74 Å². The first kappa shape index (κ1) is 20.4. The fourth-order valence-corrected chi connectivity index (χ4v) is 4.41. The van der Waals surface area contributed by atoms with Gasteiger partial charge in [-0.1, -0.05) is 42.5 Å². The second-order valence-corrected chi connectivity index (χ2v) is 8.07. The highest BCUT2D eigenvalue weighted by atomic mass is 19.4. The third-order valence-corrected chi connectivity index (χ3v) is 5.97. The zero-order chi connectivity index (χ0) is 21.6. The van der Waals surface area contributed by atoms with Crippen molar-refractivity contribution in [3.63, 3.8) is 0 Å². The molecular weight excluding hydrogens is 397 g/mol. The molecule has 0 unspecified atom stereocenters. The number of hydrogen-bond acceptors (Lipinski definition) is 3. The molecule has 158 valence electrons. The van der Waals surface area contributed by atoms with E-state index >= 15 is 0 Å². The molecule has 1 saturated carbocycles. The van der Waals surface area contributed by atoms with Crippen molar-refractivity contribution in [3.8, 4) is 0 Å². The summed E-state index contributed by atoms with van der Waals surface area (Å²) >= 11 is 0. The maximum Gasteiger partial charge on any atom is 0.416 e. The minimum absolute atomic E-state index is 0.208. The number of benzene rings is 2. The number of carbonyl (C=O) groups is 2. The van der Waals surface area contributed by atoms with Crippen molar-refractivity contribution in [3.05, 3.63) is 71.3 Å². The Bertz CT molecular complexity index is 969. The molecule has 4 rings (SSSR count). The molecule has 1 saturated heterocycles. The van der Waals surface area contributed by atoms with E-state index in [9.17, 15) is 22.8 Å². The number of ether oxygens (including phenoxy) is 1. The van der Waals surface area contributed by atoms with Crippen molar-refractivity contribution in [2.45, 2.75) is 43.0 Å². The highest BCUT2D eigenvalue weighted by Crippen LogP contribution is 2.52. The van der Waals surface area contributed by atoms with Crippen LogP contribution in [0.2, 0.25) is 0 Å². The summed E-state index contributed by atoms with van der Waals surface area (Å²) in [6.07, 6.45) is -4.28. The van der Waals surface area contributed by atoms with Crippen LogP contribution < -0.4 is 10.6 Å². The minimum Gasteiger partial charge on any atom is -0.373 e. The quantitative estimate of drug-likeness (QED) is 0.719. The smallest absolute Gasteiger partial charge is 0.373 e. The van der Waals surface area contributed by atoms with Gasteiger partial charge in [0.05, 0.1) is 18.3 Å². The van der Waals surface area contributed by atoms with E-state index in [1.165, 1.54) is 6.07 Å². The predicted molar refractivity (Wildman–Crippen MR) is 103 cm³/mol. The van der Waals surface area contributed by atoms with Crippen LogP contribution in [0, 0.1) is 0 Å². The molecule has 0 bridgehead atoms. The summed E-state index contributed by atoms with van der Waals surface area (Å²) in [6, 6.07) is 14.1. The van der Waals surface area contributed by atoms with Gasteiger partial charge in [-0.25, -0.2) is 4.79 Å². The summed E-state index contributed by atoms with van der Waals surface area (Å²) in [5, 5.41) is 4.98. The van der Waals surface area contributed by atoms with E-state index in [-0.39, 0.29) is 12.5 Å². The fraction of sp³-hybridized carbons (Fsp3) is 0.364. The zero-order valence-corrected chi connectivity index (χ0v) is 16.3. The first-order valence-corrected chi connectivity index (χ1v) is 9.62. The Balaban J connectivity index is 1.53. The van der Waals surface area contributed by atoms with E-state index in [1.807, 2.05) is 30.3 Å². The average molecular weight is 418 g/mol. The second kappa shape index (κ2) is 7.12. The standard InChI is InChI=1S/C22H21F3N2O3/c1-14(15-6-5-9-17(10-15)22(23,24)25)30-13-20(16-7-3-2-4-8-16)11-21(12-20)18(28)26-19(29)27-21/h2-10,14H,11-13H2,1H3,(H2,26,27,28,29)/t14-,20-,21+/m1/s1. The number of halogens is 3. The Labute approximate surface area is 171 Å². The van der Waals surface area contributed by atoms with Crippen molar-refractivity contribution >= 4 is 11.9 Å². The van der Waals surface area contributed by atoms with Gasteiger partial charge in [0, 0.05) is 5.41 Å². The first-order valence-electron chi connectivity index (χ1n) is 9.62. The summed E-state index contributed by atoms with van der Waals surface area (Å²) in [6.45, 7) is 1.91. The summed E-state index contributed by atoms with van der Waals surface area (Å²) in [5.74, 6) is -0.356. The van der Waals surface area contributed by atoms with Gasteiger partial charge in [-0.15, -0.1) is 0 Å².